The monoisotopic (exact) mass is 266 g/mol. The molecule has 2 rings (SSSR count). The molecule has 0 aliphatic carbocycles. The number of halogens is 1. The predicted octanol–water partition coefficient (Wildman–Crippen LogP) is 2.34. The van der Waals surface area contributed by atoms with Crippen LogP contribution in [-0.2, 0) is 4.79 Å². The van der Waals surface area contributed by atoms with Crippen LogP contribution in [0.1, 0.15) is 16.6 Å². The van der Waals surface area contributed by atoms with E-state index >= 15 is 0 Å². The molecular weight excluding hydrogens is 255 g/mol. The van der Waals surface area contributed by atoms with Gasteiger partial charge in [-0.1, -0.05) is 0 Å². The number of benzene rings is 1. The maximum atomic E-state index is 13.1. The third-order valence-corrected chi connectivity index (χ3v) is 3.44. The topological polar surface area (TPSA) is 76.2 Å². The third kappa shape index (κ3) is 2.39. The van der Waals surface area contributed by atoms with Crippen molar-refractivity contribution in [3.63, 3.8) is 0 Å². The minimum absolute atomic E-state index is 0.281. The maximum absolute atomic E-state index is 13.1. The number of hydrogen-bond acceptors (Lipinski definition) is 4. The molecule has 1 aromatic heterocycles. The summed E-state index contributed by atoms with van der Waals surface area (Å²) in [5.41, 5.74) is 7.34. The van der Waals surface area contributed by atoms with Crippen molar-refractivity contribution in [1.29, 1.82) is 0 Å². The molecule has 0 saturated heterocycles. The number of aryl methyl sites for hydroxylation is 1. The van der Waals surface area contributed by atoms with E-state index in [1.165, 1.54) is 17.4 Å². The Hall–Kier alpha value is -1.79. The van der Waals surface area contributed by atoms with Crippen LogP contribution in [0.3, 0.4) is 0 Å². The first-order valence-electron chi connectivity index (χ1n) is 5.19. The average Bonchev–Trinajstić information content (AvgIpc) is 2.81. The third-order valence-electron chi connectivity index (χ3n) is 2.51. The molecule has 18 heavy (non-hydrogen) atoms. The first kappa shape index (κ1) is 12.7. The molecule has 4 nitrogen and oxygen atoms in total. The molecule has 1 aromatic carbocycles. The number of carboxylic acids is 1. The van der Waals surface area contributed by atoms with Crippen LogP contribution in [-0.4, -0.2) is 16.1 Å². The van der Waals surface area contributed by atoms with Crippen molar-refractivity contribution in [2.45, 2.75) is 13.0 Å². The lowest BCUT2D eigenvalue weighted by Gasteiger charge is -2.01. The second kappa shape index (κ2) is 4.83. The zero-order valence-corrected chi connectivity index (χ0v) is 10.4. The van der Waals surface area contributed by atoms with E-state index in [1.807, 2.05) is 0 Å². The Bertz CT molecular complexity index is 598. The molecule has 0 fully saturated rings. The van der Waals surface area contributed by atoms with Gasteiger partial charge in [0.05, 0.1) is 5.69 Å². The van der Waals surface area contributed by atoms with E-state index in [-0.39, 0.29) is 5.82 Å². The molecule has 0 saturated carbocycles. The summed E-state index contributed by atoms with van der Waals surface area (Å²) in [5.74, 6) is -1.40. The molecule has 1 heterocycles. The van der Waals surface area contributed by atoms with Crippen molar-refractivity contribution >= 4 is 17.3 Å². The Morgan fingerprint density at radius 3 is 2.89 bits per heavy atom. The summed E-state index contributed by atoms with van der Waals surface area (Å²) >= 11 is 1.18. The second-order valence-corrected chi connectivity index (χ2v) is 4.74. The van der Waals surface area contributed by atoms with Crippen molar-refractivity contribution in [2.75, 3.05) is 0 Å². The van der Waals surface area contributed by atoms with E-state index in [9.17, 15) is 9.18 Å². The zero-order valence-electron chi connectivity index (χ0n) is 9.55. The number of aliphatic carboxylic acids is 1. The quantitative estimate of drug-likeness (QED) is 0.894. The van der Waals surface area contributed by atoms with Gasteiger partial charge in [-0.3, -0.25) is 4.79 Å². The van der Waals surface area contributed by atoms with Gasteiger partial charge in [-0.15, -0.1) is 11.3 Å². The Morgan fingerprint density at radius 1 is 1.56 bits per heavy atom. The summed E-state index contributed by atoms with van der Waals surface area (Å²) in [6.07, 6.45) is 0. The molecule has 0 radical (unpaired) electrons. The van der Waals surface area contributed by atoms with Gasteiger partial charge in [0.1, 0.15) is 10.8 Å². The molecule has 1 unspecified atom stereocenters. The SMILES string of the molecule is Cc1cc(-c2csc(C(N)C(=O)O)n2)ccc1F. The fraction of sp³-hybridized carbons (Fsp3) is 0.167. The lowest BCUT2D eigenvalue weighted by Crippen LogP contribution is -2.20. The van der Waals surface area contributed by atoms with Crippen molar-refractivity contribution in [2.24, 2.45) is 5.73 Å². The molecule has 0 aliphatic rings. The van der Waals surface area contributed by atoms with Gasteiger partial charge in [0.25, 0.3) is 0 Å². The van der Waals surface area contributed by atoms with Crippen molar-refractivity contribution in [1.82, 2.24) is 4.98 Å². The highest BCUT2D eigenvalue weighted by Gasteiger charge is 2.18. The number of nitrogens with two attached hydrogens (primary N) is 1. The molecule has 94 valence electrons. The zero-order chi connectivity index (χ0) is 13.3. The van der Waals surface area contributed by atoms with Crippen molar-refractivity contribution < 1.29 is 14.3 Å². The van der Waals surface area contributed by atoms with Crippen LogP contribution in [0.2, 0.25) is 0 Å². The Kier molecular flexibility index (Phi) is 3.40. The summed E-state index contributed by atoms with van der Waals surface area (Å²) in [4.78, 5) is 14.9. The largest absolute Gasteiger partial charge is 0.480 e. The minimum Gasteiger partial charge on any atom is -0.480 e. The highest BCUT2D eigenvalue weighted by atomic mass is 32.1. The van der Waals surface area contributed by atoms with Crippen LogP contribution >= 0.6 is 11.3 Å². The molecule has 3 N–H and O–H groups in total. The molecule has 6 heteroatoms. The van der Waals surface area contributed by atoms with Crippen LogP contribution in [0.25, 0.3) is 11.3 Å². The Morgan fingerprint density at radius 2 is 2.28 bits per heavy atom. The lowest BCUT2D eigenvalue weighted by molar-refractivity contribution is -0.138. The van der Waals surface area contributed by atoms with Crippen LogP contribution < -0.4 is 5.73 Å². The summed E-state index contributed by atoms with van der Waals surface area (Å²) in [6, 6.07) is 3.51. The van der Waals surface area contributed by atoms with Gasteiger partial charge in [0.15, 0.2) is 6.04 Å². The van der Waals surface area contributed by atoms with Gasteiger partial charge in [0, 0.05) is 10.9 Å². The number of carbonyl (C=O) groups is 1. The molecule has 1 atom stereocenters. The fourth-order valence-electron chi connectivity index (χ4n) is 1.47. The highest BCUT2D eigenvalue weighted by molar-refractivity contribution is 7.10. The molecule has 2 aromatic rings. The van der Waals surface area contributed by atoms with Crippen molar-refractivity contribution in [3.05, 3.63) is 40.0 Å². The number of thiazole rings is 1. The first-order valence-corrected chi connectivity index (χ1v) is 6.07. The second-order valence-electron chi connectivity index (χ2n) is 3.85. The molecule has 0 aliphatic heterocycles. The molecular formula is C12H11FN2O2S. The van der Waals surface area contributed by atoms with Crippen LogP contribution in [0, 0.1) is 12.7 Å². The maximum Gasteiger partial charge on any atom is 0.327 e. The van der Waals surface area contributed by atoms with Crippen molar-refractivity contribution in [3.8, 4) is 11.3 Å². The Labute approximate surface area is 107 Å². The summed E-state index contributed by atoms with van der Waals surface area (Å²) in [6.45, 7) is 1.66. The van der Waals surface area contributed by atoms with E-state index in [2.05, 4.69) is 4.98 Å². The number of hydrogen-bond donors (Lipinski definition) is 2. The van der Waals surface area contributed by atoms with Gasteiger partial charge in [-0.2, -0.15) is 0 Å². The van der Waals surface area contributed by atoms with E-state index in [0.29, 0.717) is 16.3 Å². The molecule has 0 bridgehead atoms. The minimum atomic E-state index is -1.12. The normalized spacial score (nSPS) is 12.4. The van der Waals surface area contributed by atoms with E-state index in [4.69, 9.17) is 10.8 Å². The summed E-state index contributed by atoms with van der Waals surface area (Å²) < 4.78 is 13.1. The van der Waals surface area contributed by atoms with Gasteiger partial charge in [-0.25, -0.2) is 9.37 Å². The number of carboxylic acid groups (broad SMARTS) is 1. The number of nitrogens with zero attached hydrogens (tertiary/aromatic N) is 1. The molecule has 0 amide bonds. The Balaban J connectivity index is 2.35. The number of rotatable bonds is 3. The smallest absolute Gasteiger partial charge is 0.327 e. The predicted molar refractivity (Wildman–Crippen MR) is 66.8 cm³/mol. The van der Waals surface area contributed by atoms with Gasteiger partial charge in [0.2, 0.25) is 0 Å². The van der Waals surface area contributed by atoms with Crippen LogP contribution in [0.15, 0.2) is 23.6 Å². The lowest BCUT2D eigenvalue weighted by atomic mass is 10.1. The van der Waals surface area contributed by atoms with Crippen LogP contribution in [0.4, 0.5) is 4.39 Å². The average molecular weight is 266 g/mol. The van der Waals surface area contributed by atoms with Gasteiger partial charge >= 0.3 is 5.97 Å². The first-order chi connectivity index (χ1) is 8.49. The van der Waals surface area contributed by atoms with E-state index in [0.717, 1.165) is 5.56 Å². The van der Waals surface area contributed by atoms with Gasteiger partial charge < -0.3 is 10.8 Å². The summed E-state index contributed by atoms with van der Waals surface area (Å²) in [5, 5.41) is 10.8. The van der Waals surface area contributed by atoms with E-state index < -0.39 is 12.0 Å². The van der Waals surface area contributed by atoms with E-state index in [1.54, 1.807) is 24.4 Å². The molecule has 0 spiro atoms. The number of aromatic nitrogens is 1. The fourth-order valence-corrected chi connectivity index (χ4v) is 2.29. The standard InChI is InChI=1S/C12H11FN2O2S/c1-6-4-7(2-3-8(6)13)9-5-18-11(15-9)10(14)12(16)17/h2-5,10H,14H2,1H3,(H,16,17). The van der Waals surface area contributed by atoms with Crippen LogP contribution in [0.5, 0.6) is 0 Å². The highest BCUT2D eigenvalue weighted by Crippen LogP contribution is 2.26. The summed E-state index contributed by atoms with van der Waals surface area (Å²) in [7, 11) is 0. The van der Waals surface area contributed by atoms with Gasteiger partial charge in [-0.05, 0) is 30.7 Å².